The zero-order valence-electron chi connectivity index (χ0n) is 11.6. The van der Waals surface area contributed by atoms with Gasteiger partial charge in [-0.1, -0.05) is 17.4 Å². The van der Waals surface area contributed by atoms with Gasteiger partial charge in [-0.15, -0.1) is 0 Å². The van der Waals surface area contributed by atoms with Gasteiger partial charge in [0.15, 0.2) is 5.13 Å². The standard InChI is InChI=1S/C15H16FN3OS/c16-11-4-3-5-12-13(11)17-15(21-12)19-8-10(9-19)14(20)18-6-1-2-7-18/h3-5,10H,1-2,6-9H2. The molecule has 0 bridgehead atoms. The second kappa shape index (κ2) is 4.94. The number of halogens is 1. The first-order valence-electron chi connectivity index (χ1n) is 7.31. The lowest BCUT2D eigenvalue weighted by atomic mass is 9.99. The second-order valence-corrected chi connectivity index (χ2v) is 6.73. The lowest BCUT2D eigenvalue weighted by Gasteiger charge is -2.39. The Morgan fingerprint density at radius 1 is 1.29 bits per heavy atom. The maximum absolute atomic E-state index is 13.7. The average molecular weight is 305 g/mol. The molecule has 6 heteroatoms. The number of fused-ring (bicyclic) bond motifs is 1. The number of nitrogens with zero attached hydrogens (tertiary/aromatic N) is 3. The van der Waals surface area contributed by atoms with E-state index in [1.807, 2.05) is 11.0 Å². The van der Waals surface area contributed by atoms with Gasteiger partial charge in [-0.25, -0.2) is 9.37 Å². The molecule has 2 saturated heterocycles. The van der Waals surface area contributed by atoms with E-state index in [1.165, 1.54) is 17.4 Å². The predicted molar refractivity (Wildman–Crippen MR) is 81.1 cm³/mol. The first-order valence-corrected chi connectivity index (χ1v) is 8.13. The van der Waals surface area contributed by atoms with E-state index in [2.05, 4.69) is 9.88 Å². The Bertz CT molecular complexity index is 689. The molecule has 1 aromatic heterocycles. The summed E-state index contributed by atoms with van der Waals surface area (Å²) in [6.07, 6.45) is 2.25. The maximum Gasteiger partial charge on any atom is 0.229 e. The van der Waals surface area contributed by atoms with Crippen LogP contribution in [0.3, 0.4) is 0 Å². The summed E-state index contributed by atoms with van der Waals surface area (Å²) in [7, 11) is 0. The topological polar surface area (TPSA) is 36.4 Å². The third kappa shape index (κ3) is 2.18. The van der Waals surface area contributed by atoms with Crippen molar-refractivity contribution in [3.8, 4) is 0 Å². The second-order valence-electron chi connectivity index (χ2n) is 5.72. The molecule has 4 nitrogen and oxygen atoms in total. The molecule has 2 aliphatic rings. The number of carbonyl (C=O) groups excluding carboxylic acids is 1. The molecular weight excluding hydrogens is 289 g/mol. The number of amides is 1. The molecule has 2 aromatic rings. The molecular formula is C15H16FN3OS. The largest absolute Gasteiger partial charge is 0.346 e. The van der Waals surface area contributed by atoms with Crippen molar-refractivity contribution < 1.29 is 9.18 Å². The Kier molecular flexibility index (Phi) is 3.06. The number of rotatable bonds is 2. The minimum Gasteiger partial charge on any atom is -0.346 e. The van der Waals surface area contributed by atoms with Gasteiger partial charge in [0.1, 0.15) is 11.3 Å². The van der Waals surface area contributed by atoms with Crippen LogP contribution in [-0.4, -0.2) is 42.0 Å². The monoisotopic (exact) mass is 305 g/mol. The van der Waals surface area contributed by atoms with E-state index >= 15 is 0 Å². The molecule has 1 amide bonds. The van der Waals surface area contributed by atoms with Gasteiger partial charge in [-0.3, -0.25) is 4.79 Å². The van der Waals surface area contributed by atoms with Crippen LogP contribution < -0.4 is 4.90 Å². The number of hydrogen-bond donors (Lipinski definition) is 0. The number of hydrogen-bond acceptors (Lipinski definition) is 4. The molecule has 1 aromatic carbocycles. The van der Waals surface area contributed by atoms with Crippen molar-refractivity contribution in [1.29, 1.82) is 0 Å². The molecule has 0 N–H and O–H groups in total. The highest BCUT2D eigenvalue weighted by Crippen LogP contribution is 2.34. The Morgan fingerprint density at radius 3 is 2.76 bits per heavy atom. The summed E-state index contributed by atoms with van der Waals surface area (Å²) in [5.74, 6) is 0.0798. The van der Waals surface area contributed by atoms with Gasteiger partial charge < -0.3 is 9.80 Å². The highest BCUT2D eigenvalue weighted by atomic mass is 32.1. The van der Waals surface area contributed by atoms with Gasteiger partial charge in [-0.2, -0.15) is 0 Å². The minimum atomic E-state index is -0.278. The molecule has 4 rings (SSSR count). The van der Waals surface area contributed by atoms with E-state index in [-0.39, 0.29) is 17.6 Å². The quantitative estimate of drug-likeness (QED) is 0.855. The fourth-order valence-corrected chi connectivity index (χ4v) is 4.02. The van der Waals surface area contributed by atoms with Crippen LogP contribution in [0.25, 0.3) is 10.2 Å². The lowest BCUT2D eigenvalue weighted by Crippen LogP contribution is -2.54. The summed E-state index contributed by atoms with van der Waals surface area (Å²) in [6.45, 7) is 3.22. The van der Waals surface area contributed by atoms with Gasteiger partial charge in [0.25, 0.3) is 0 Å². The van der Waals surface area contributed by atoms with Crippen LogP contribution in [0.1, 0.15) is 12.8 Å². The number of para-hydroxylation sites is 1. The van der Waals surface area contributed by atoms with E-state index in [1.54, 1.807) is 6.07 Å². The van der Waals surface area contributed by atoms with Gasteiger partial charge in [0.05, 0.1) is 10.6 Å². The molecule has 0 spiro atoms. The first kappa shape index (κ1) is 13.0. The molecule has 3 heterocycles. The third-order valence-corrected chi connectivity index (χ3v) is 5.36. The number of anilines is 1. The SMILES string of the molecule is O=C(C1CN(c2nc3c(F)cccc3s2)C1)N1CCCC1. The third-order valence-electron chi connectivity index (χ3n) is 4.28. The Hall–Kier alpha value is -1.69. The van der Waals surface area contributed by atoms with Crippen molar-refractivity contribution in [2.45, 2.75) is 12.8 Å². The summed E-state index contributed by atoms with van der Waals surface area (Å²) < 4.78 is 14.5. The van der Waals surface area contributed by atoms with Crippen LogP contribution >= 0.6 is 11.3 Å². The van der Waals surface area contributed by atoms with Gasteiger partial charge >= 0.3 is 0 Å². The van der Waals surface area contributed by atoms with Crippen LogP contribution in [-0.2, 0) is 4.79 Å². The predicted octanol–water partition coefficient (Wildman–Crippen LogP) is 2.49. The average Bonchev–Trinajstić information content (AvgIpc) is 3.06. The van der Waals surface area contributed by atoms with Crippen molar-refractivity contribution in [1.82, 2.24) is 9.88 Å². The van der Waals surface area contributed by atoms with Crippen LogP contribution in [0, 0.1) is 11.7 Å². The Labute approximate surface area is 126 Å². The summed E-state index contributed by atoms with van der Waals surface area (Å²) in [5.41, 5.74) is 0.437. The number of benzene rings is 1. The molecule has 0 atom stereocenters. The summed E-state index contributed by atoms with van der Waals surface area (Å²) in [5, 5.41) is 0.820. The Morgan fingerprint density at radius 2 is 2.05 bits per heavy atom. The summed E-state index contributed by atoms with van der Waals surface area (Å²) in [6, 6.07) is 5.02. The van der Waals surface area contributed by atoms with Crippen molar-refractivity contribution in [2.75, 3.05) is 31.1 Å². The Balaban J connectivity index is 1.46. The van der Waals surface area contributed by atoms with Crippen LogP contribution in [0.2, 0.25) is 0 Å². The number of aromatic nitrogens is 1. The van der Waals surface area contributed by atoms with Gasteiger partial charge in [-0.05, 0) is 25.0 Å². The summed E-state index contributed by atoms with van der Waals surface area (Å²) >= 11 is 1.49. The normalized spacial score (nSPS) is 19.3. The fraction of sp³-hybridized carbons (Fsp3) is 0.467. The summed E-state index contributed by atoms with van der Waals surface area (Å²) in [4.78, 5) is 20.7. The molecule has 2 aliphatic heterocycles. The van der Waals surface area contributed by atoms with E-state index in [0.29, 0.717) is 18.6 Å². The highest BCUT2D eigenvalue weighted by molar-refractivity contribution is 7.22. The zero-order valence-corrected chi connectivity index (χ0v) is 12.4. The fourth-order valence-electron chi connectivity index (χ4n) is 3.03. The van der Waals surface area contributed by atoms with Gasteiger partial charge in [0, 0.05) is 26.2 Å². The maximum atomic E-state index is 13.7. The van der Waals surface area contributed by atoms with Crippen molar-refractivity contribution in [3.05, 3.63) is 24.0 Å². The molecule has 21 heavy (non-hydrogen) atoms. The van der Waals surface area contributed by atoms with Crippen LogP contribution in [0.15, 0.2) is 18.2 Å². The van der Waals surface area contributed by atoms with Gasteiger partial charge in [0.2, 0.25) is 5.91 Å². The van der Waals surface area contributed by atoms with E-state index < -0.39 is 0 Å². The van der Waals surface area contributed by atoms with Crippen LogP contribution in [0.5, 0.6) is 0 Å². The number of thiazole rings is 1. The van der Waals surface area contributed by atoms with E-state index in [0.717, 1.165) is 35.8 Å². The van der Waals surface area contributed by atoms with E-state index in [4.69, 9.17) is 0 Å². The van der Waals surface area contributed by atoms with Crippen LogP contribution in [0.4, 0.5) is 9.52 Å². The van der Waals surface area contributed by atoms with Crippen molar-refractivity contribution >= 4 is 32.6 Å². The smallest absolute Gasteiger partial charge is 0.229 e. The lowest BCUT2D eigenvalue weighted by molar-refractivity contribution is -0.135. The highest BCUT2D eigenvalue weighted by Gasteiger charge is 2.37. The molecule has 0 unspecified atom stereocenters. The minimum absolute atomic E-state index is 0.0833. The number of carbonyl (C=O) groups is 1. The molecule has 0 aliphatic carbocycles. The molecule has 0 radical (unpaired) electrons. The van der Waals surface area contributed by atoms with Crippen molar-refractivity contribution in [3.63, 3.8) is 0 Å². The molecule has 110 valence electrons. The van der Waals surface area contributed by atoms with Crippen molar-refractivity contribution in [2.24, 2.45) is 5.92 Å². The number of likely N-dealkylation sites (tertiary alicyclic amines) is 1. The zero-order chi connectivity index (χ0) is 14.4. The molecule has 2 fully saturated rings. The first-order chi connectivity index (χ1) is 10.2. The molecule has 0 saturated carbocycles. The van der Waals surface area contributed by atoms with E-state index in [9.17, 15) is 9.18 Å².